The highest BCUT2D eigenvalue weighted by molar-refractivity contribution is 7.11. The summed E-state index contributed by atoms with van der Waals surface area (Å²) in [4.78, 5) is 31.5. The lowest BCUT2D eigenvalue weighted by Gasteiger charge is -2.28. The maximum Gasteiger partial charge on any atom is 0.282 e. The number of anilines is 3. The number of hydrogen-bond donors (Lipinski definition) is 1. The molecular formula is C27H27N3O2S. The first kappa shape index (κ1) is 21.5. The highest BCUT2D eigenvalue weighted by Crippen LogP contribution is 2.36. The van der Waals surface area contributed by atoms with Gasteiger partial charge >= 0.3 is 0 Å². The smallest absolute Gasteiger partial charge is 0.282 e. The Morgan fingerprint density at radius 2 is 1.52 bits per heavy atom. The fourth-order valence-electron chi connectivity index (χ4n) is 4.66. The van der Waals surface area contributed by atoms with Crippen LogP contribution in [0.5, 0.6) is 0 Å². The van der Waals surface area contributed by atoms with Gasteiger partial charge in [0.25, 0.3) is 11.8 Å². The van der Waals surface area contributed by atoms with Crippen LogP contribution in [-0.2, 0) is 9.59 Å². The lowest BCUT2D eigenvalue weighted by Crippen LogP contribution is -2.32. The number of rotatable bonds is 5. The predicted octanol–water partition coefficient (Wildman–Crippen LogP) is 5.75. The van der Waals surface area contributed by atoms with Crippen molar-refractivity contribution in [1.82, 2.24) is 0 Å². The first-order chi connectivity index (χ1) is 16.0. The third-order valence-electron chi connectivity index (χ3n) is 6.17. The summed E-state index contributed by atoms with van der Waals surface area (Å²) in [5.74, 6) is -0.617. The summed E-state index contributed by atoms with van der Waals surface area (Å²) in [6, 6.07) is 17.7. The average molecular weight is 458 g/mol. The molecule has 0 radical (unpaired) electrons. The zero-order valence-corrected chi connectivity index (χ0v) is 19.7. The molecule has 5 rings (SSSR count). The van der Waals surface area contributed by atoms with Gasteiger partial charge in [0.15, 0.2) is 0 Å². The molecule has 6 heteroatoms. The SMILES string of the molecule is Cc1cc(C)cc(N2C(=O)C(Nc3ccc(N4CCCCC4)cc3)=C(c3cccs3)C2=O)c1. The van der Waals surface area contributed by atoms with E-state index in [-0.39, 0.29) is 11.8 Å². The third kappa shape index (κ3) is 4.18. The number of benzene rings is 2. The minimum Gasteiger partial charge on any atom is -0.372 e. The molecule has 33 heavy (non-hydrogen) atoms. The van der Waals surface area contributed by atoms with Gasteiger partial charge in [0, 0.05) is 29.3 Å². The Hall–Kier alpha value is -3.38. The molecule has 1 aromatic heterocycles. The van der Waals surface area contributed by atoms with Crippen molar-refractivity contribution in [3.05, 3.63) is 81.7 Å². The molecule has 3 heterocycles. The molecule has 0 atom stereocenters. The van der Waals surface area contributed by atoms with E-state index in [4.69, 9.17) is 0 Å². The van der Waals surface area contributed by atoms with Crippen molar-refractivity contribution in [1.29, 1.82) is 0 Å². The van der Waals surface area contributed by atoms with Crippen LogP contribution >= 0.6 is 11.3 Å². The van der Waals surface area contributed by atoms with E-state index in [2.05, 4.69) is 22.3 Å². The van der Waals surface area contributed by atoms with E-state index >= 15 is 0 Å². The van der Waals surface area contributed by atoms with Crippen LogP contribution in [0, 0.1) is 13.8 Å². The molecule has 168 valence electrons. The molecule has 2 aliphatic rings. The largest absolute Gasteiger partial charge is 0.372 e. The van der Waals surface area contributed by atoms with Gasteiger partial charge in [-0.15, -0.1) is 11.3 Å². The second kappa shape index (κ2) is 8.87. The fourth-order valence-corrected chi connectivity index (χ4v) is 5.43. The lowest BCUT2D eigenvalue weighted by atomic mass is 10.1. The van der Waals surface area contributed by atoms with Gasteiger partial charge in [0.2, 0.25) is 0 Å². The number of imide groups is 1. The number of aryl methyl sites for hydroxylation is 2. The molecule has 0 unspecified atom stereocenters. The lowest BCUT2D eigenvalue weighted by molar-refractivity contribution is -0.120. The van der Waals surface area contributed by atoms with Gasteiger partial charge in [0.1, 0.15) is 5.70 Å². The normalized spacial score (nSPS) is 16.7. The molecule has 2 amide bonds. The van der Waals surface area contributed by atoms with Crippen molar-refractivity contribution in [3.8, 4) is 0 Å². The molecule has 5 nitrogen and oxygen atoms in total. The Kier molecular flexibility index (Phi) is 5.77. The predicted molar refractivity (Wildman–Crippen MR) is 136 cm³/mol. The number of carbonyl (C=O) groups excluding carboxylic acids is 2. The molecule has 0 spiro atoms. The number of carbonyl (C=O) groups is 2. The van der Waals surface area contributed by atoms with E-state index in [0.29, 0.717) is 17.0 Å². The van der Waals surface area contributed by atoms with Crippen LogP contribution in [0.1, 0.15) is 35.3 Å². The molecule has 1 saturated heterocycles. The molecule has 0 saturated carbocycles. The number of piperidine rings is 1. The minimum atomic E-state index is -0.325. The quantitative estimate of drug-likeness (QED) is 0.496. The molecular weight excluding hydrogens is 430 g/mol. The summed E-state index contributed by atoms with van der Waals surface area (Å²) in [6.07, 6.45) is 3.74. The first-order valence-corrected chi connectivity index (χ1v) is 12.3. The first-order valence-electron chi connectivity index (χ1n) is 11.4. The van der Waals surface area contributed by atoms with Gasteiger partial charge < -0.3 is 10.2 Å². The number of hydrogen-bond acceptors (Lipinski definition) is 5. The van der Waals surface area contributed by atoms with E-state index in [0.717, 1.165) is 34.8 Å². The van der Waals surface area contributed by atoms with Crippen molar-refractivity contribution in [3.63, 3.8) is 0 Å². The van der Waals surface area contributed by atoms with Gasteiger partial charge in [-0.05, 0) is 92.1 Å². The van der Waals surface area contributed by atoms with Crippen molar-refractivity contribution >= 4 is 45.8 Å². The zero-order valence-electron chi connectivity index (χ0n) is 18.9. The van der Waals surface area contributed by atoms with Crippen LogP contribution in [-0.4, -0.2) is 24.9 Å². The summed E-state index contributed by atoms with van der Waals surface area (Å²) in [5, 5.41) is 5.20. The zero-order chi connectivity index (χ0) is 22.9. The molecule has 1 fully saturated rings. The van der Waals surface area contributed by atoms with Crippen molar-refractivity contribution < 1.29 is 9.59 Å². The third-order valence-corrected chi connectivity index (χ3v) is 7.06. The Labute approximate surface area is 198 Å². The van der Waals surface area contributed by atoms with Crippen LogP contribution in [0.25, 0.3) is 5.57 Å². The van der Waals surface area contributed by atoms with E-state index in [9.17, 15) is 9.59 Å². The molecule has 3 aromatic rings. The van der Waals surface area contributed by atoms with E-state index in [1.165, 1.54) is 41.2 Å². The van der Waals surface area contributed by atoms with Crippen LogP contribution in [0.3, 0.4) is 0 Å². The molecule has 1 N–H and O–H groups in total. The Morgan fingerprint density at radius 1 is 0.818 bits per heavy atom. The van der Waals surface area contributed by atoms with Gasteiger partial charge in [-0.25, -0.2) is 4.90 Å². The van der Waals surface area contributed by atoms with Gasteiger partial charge in [-0.3, -0.25) is 9.59 Å². The minimum absolute atomic E-state index is 0.292. The second-order valence-corrected chi connectivity index (χ2v) is 9.69. The van der Waals surface area contributed by atoms with Crippen LogP contribution < -0.4 is 15.1 Å². The molecule has 0 bridgehead atoms. The highest BCUT2D eigenvalue weighted by Gasteiger charge is 2.40. The summed E-state index contributed by atoms with van der Waals surface area (Å²) in [5.41, 5.74) is 5.37. The number of nitrogens with one attached hydrogen (secondary N) is 1. The van der Waals surface area contributed by atoms with Crippen LogP contribution in [0.2, 0.25) is 0 Å². The fraction of sp³-hybridized carbons (Fsp3) is 0.259. The second-order valence-electron chi connectivity index (χ2n) is 8.74. The van der Waals surface area contributed by atoms with Crippen molar-refractivity contribution in [2.75, 3.05) is 28.2 Å². The van der Waals surface area contributed by atoms with Crippen molar-refractivity contribution in [2.45, 2.75) is 33.1 Å². The summed E-state index contributed by atoms with van der Waals surface area (Å²) < 4.78 is 0. The Balaban J connectivity index is 1.48. The standard InChI is InChI=1S/C27H27N3O2S/c1-18-15-19(2)17-22(16-18)30-26(31)24(23-7-6-14-33-23)25(27(30)32)28-20-8-10-21(11-9-20)29-12-4-3-5-13-29/h6-11,14-17,28H,3-5,12-13H2,1-2H3. The molecule has 2 aromatic carbocycles. The summed E-state index contributed by atoms with van der Waals surface area (Å²) >= 11 is 1.46. The highest BCUT2D eigenvalue weighted by atomic mass is 32.1. The summed E-state index contributed by atoms with van der Waals surface area (Å²) in [7, 11) is 0. The van der Waals surface area contributed by atoms with Crippen LogP contribution in [0.4, 0.5) is 17.1 Å². The van der Waals surface area contributed by atoms with E-state index in [1.807, 2.05) is 61.7 Å². The Morgan fingerprint density at radius 3 is 2.15 bits per heavy atom. The van der Waals surface area contributed by atoms with Gasteiger partial charge in [-0.2, -0.15) is 0 Å². The number of thiophene rings is 1. The van der Waals surface area contributed by atoms with E-state index < -0.39 is 0 Å². The van der Waals surface area contributed by atoms with Gasteiger partial charge in [-0.1, -0.05) is 12.1 Å². The topological polar surface area (TPSA) is 52.7 Å². The molecule has 0 aliphatic carbocycles. The number of nitrogens with zero attached hydrogens (tertiary/aromatic N) is 2. The maximum atomic E-state index is 13.5. The molecule has 2 aliphatic heterocycles. The monoisotopic (exact) mass is 457 g/mol. The summed E-state index contributed by atoms with van der Waals surface area (Å²) in [6.45, 7) is 6.10. The van der Waals surface area contributed by atoms with Crippen LogP contribution in [0.15, 0.2) is 65.7 Å². The maximum absolute atomic E-state index is 13.5. The van der Waals surface area contributed by atoms with Crippen molar-refractivity contribution in [2.24, 2.45) is 0 Å². The number of amides is 2. The average Bonchev–Trinajstić information content (AvgIpc) is 3.41. The van der Waals surface area contributed by atoms with E-state index in [1.54, 1.807) is 0 Å². The Bertz CT molecular complexity index is 1200. The van der Waals surface area contributed by atoms with Gasteiger partial charge in [0.05, 0.1) is 11.3 Å².